The minimum atomic E-state index is -0.670. The number of aliphatic hydroxyl groups excluding tert-OH is 1. The second-order valence-corrected chi connectivity index (χ2v) is 4.71. The van der Waals surface area contributed by atoms with Gasteiger partial charge in [-0.3, -0.25) is 0 Å². The summed E-state index contributed by atoms with van der Waals surface area (Å²) in [6.07, 6.45) is 0.299. The van der Waals surface area contributed by atoms with Gasteiger partial charge in [-0.05, 0) is 31.5 Å². The van der Waals surface area contributed by atoms with Gasteiger partial charge in [0, 0.05) is 17.8 Å². The zero-order chi connectivity index (χ0) is 13.1. The fourth-order valence-electron chi connectivity index (χ4n) is 2.43. The van der Waals surface area contributed by atoms with Crippen LogP contribution in [0.1, 0.15) is 31.9 Å². The predicted molar refractivity (Wildman–Crippen MR) is 69.3 cm³/mol. The largest absolute Gasteiger partial charge is 0.389 e. The van der Waals surface area contributed by atoms with Crippen LogP contribution in [0.3, 0.4) is 0 Å². The van der Waals surface area contributed by atoms with Gasteiger partial charge in [-0.2, -0.15) is 0 Å². The summed E-state index contributed by atoms with van der Waals surface area (Å²) in [6.45, 7) is 5.92. The third kappa shape index (κ3) is 2.65. The van der Waals surface area contributed by atoms with Gasteiger partial charge in [0.1, 0.15) is 5.82 Å². The molecule has 1 unspecified atom stereocenters. The van der Waals surface area contributed by atoms with Gasteiger partial charge in [-0.1, -0.05) is 6.92 Å². The number of benzene rings is 1. The molecule has 0 saturated carbocycles. The Hall–Kier alpha value is -1.13. The number of hydrogen-bond donors (Lipinski definition) is 1. The highest BCUT2D eigenvalue weighted by Crippen LogP contribution is 2.30. The van der Waals surface area contributed by atoms with Crippen molar-refractivity contribution in [2.24, 2.45) is 0 Å². The van der Waals surface area contributed by atoms with Gasteiger partial charge >= 0.3 is 0 Å². The molecule has 1 saturated heterocycles. The molecule has 1 fully saturated rings. The second-order valence-electron chi connectivity index (χ2n) is 4.71. The summed E-state index contributed by atoms with van der Waals surface area (Å²) in [4.78, 5) is 2.21. The molecule has 1 N–H and O–H groups in total. The monoisotopic (exact) mass is 253 g/mol. The number of nitrogens with zero attached hydrogens (tertiary/aromatic N) is 1. The van der Waals surface area contributed by atoms with E-state index in [-0.39, 0.29) is 5.82 Å². The third-order valence-electron chi connectivity index (χ3n) is 3.45. The van der Waals surface area contributed by atoms with Crippen LogP contribution in [0, 0.1) is 5.82 Å². The van der Waals surface area contributed by atoms with Crippen LogP contribution in [0.5, 0.6) is 0 Å². The first-order valence-corrected chi connectivity index (χ1v) is 6.45. The summed E-state index contributed by atoms with van der Waals surface area (Å²) in [5, 5.41) is 9.79. The fourth-order valence-corrected chi connectivity index (χ4v) is 2.43. The molecule has 4 heteroatoms. The summed E-state index contributed by atoms with van der Waals surface area (Å²) in [5.74, 6) is -0.309. The molecule has 1 aliphatic rings. The zero-order valence-corrected chi connectivity index (χ0v) is 10.9. The molecule has 0 spiro atoms. The number of morpholine rings is 1. The maximum absolute atomic E-state index is 13.3. The van der Waals surface area contributed by atoms with Crippen LogP contribution in [-0.2, 0) is 4.74 Å². The summed E-state index contributed by atoms with van der Waals surface area (Å²) >= 11 is 0. The number of rotatable bonds is 3. The average Bonchev–Trinajstić information content (AvgIpc) is 2.38. The first-order valence-electron chi connectivity index (χ1n) is 6.45. The van der Waals surface area contributed by atoms with Crippen LogP contribution < -0.4 is 4.90 Å². The van der Waals surface area contributed by atoms with E-state index >= 15 is 0 Å². The molecule has 0 radical (unpaired) electrons. The lowest BCUT2D eigenvalue weighted by atomic mass is 10.0. The Morgan fingerprint density at radius 2 is 2.33 bits per heavy atom. The van der Waals surface area contributed by atoms with Crippen molar-refractivity contribution in [2.75, 3.05) is 24.7 Å². The molecule has 1 aliphatic heterocycles. The molecule has 0 amide bonds. The molecule has 18 heavy (non-hydrogen) atoms. The molecular formula is C14H20FNO2. The smallest absolute Gasteiger partial charge is 0.123 e. The standard InChI is InChI=1S/C14H20FNO2/c1-3-12-9-18-7-6-16(12)14-5-4-11(15)8-13(14)10(2)17/h4-5,8,10,12,17H,3,6-7,9H2,1-2H3/t10-,12?/m0/s1. The number of aliphatic hydroxyl groups is 1. The van der Waals surface area contributed by atoms with Crippen molar-refractivity contribution < 1.29 is 14.2 Å². The maximum Gasteiger partial charge on any atom is 0.123 e. The SMILES string of the molecule is CCC1COCCN1c1ccc(F)cc1[C@H](C)O. The Morgan fingerprint density at radius 1 is 1.56 bits per heavy atom. The molecule has 1 heterocycles. The molecule has 1 aromatic rings. The molecule has 2 rings (SSSR count). The Labute approximate surface area is 107 Å². The minimum Gasteiger partial charge on any atom is -0.389 e. The lowest BCUT2D eigenvalue weighted by Gasteiger charge is -2.38. The lowest BCUT2D eigenvalue weighted by Crippen LogP contribution is -2.45. The highest BCUT2D eigenvalue weighted by Gasteiger charge is 2.24. The van der Waals surface area contributed by atoms with Gasteiger partial charge in [-0.15, -0.1) is 0 Å². The molecule has 0 bridgehead atoms. The molecule has 100 valence electrons. The van der Waals surface area contributed by atoms with Gasteiger partial charge in [0.25, 0.3) is 0 Å². The molecule has 1 aromatic carbocycles. The molecular weight excluding hydrogens is 233 g/mol. The quantitative estimate of drug-likeness (QED) is 0.898. The Kier molecular flexibility index (Phi) is 4.19. The normalized spacial score (nSPS) is 22.0. The highest BCUT2D eigenvalue weighted by molar-refractivity contribution is 5.56. The van der Waals surface area contributed by atoms with E-state index in [4.69, 9.17) is 4.74 Å². The molecule has 0 aliphatic carbocycles. The van der Waals surface area contributed by atoms with Crippen molar-refractivity contribution in [2.45, 2.75) is 32.4 Å². The zero-order valence-electron chi connectivity index (χ0n) is 10.9. The average molecular weight is 253 g/mol. The van der Waals surface area contributed by atoms with Gasteiger partial charge < -0.3 is 14.7 Å². The summed E-state index contributed by atoms with van der Waals surface area (Å²) < 4.78 is 18.8. The summed E-state index contributed by atoms with van der Waals surface area (Å²) in [5.41, 5.74) is 1.57. The van der Waals surface area contributed by atoms with Gasteiger partial charge in [0.2, 0.25) is 0 Å². The van der Waals surface area contributed by atoms with Crippen molar-refractivity contribution >= 4 is 5.69 Å². The molecule has 3 nitrogen and oxygen atoms in total. The van der Waals surface area contributed by atoms with Crippen molar-refractivity contribution in [3.8, 4) is 0 Å². The predicted octanol–water partition coefficient (Wildman–Crippen LogP) is 2.49. The Bertz CT molecular complexity index is 409. The summed E-state index contributed by atoms with van der Waals surface area (Å²) in [6, 6.07) is 4.92. The van der Waals surface area contributed by atoms with Crippen LogP contribution in [0.25, 0.3) is 0 Å². The van der Waals surface area contributed by atoms with E-state index in [0.29, 0.717) is 24.8 Å². The lowest BCUT2D eigenvalue weighted by molar-refractivity contribution is 0.0925. The van der Waals surface area contributed by atoms with E-state index in [2.05, 4.69) is 11.8 Å². The van der Waals surface area contributed by atoms with Gasteiger partial charge in [0.15, 0.2) is 0 Å². The maximum atomic E-state index is 13.3. The van der Waals surface area contributed by atoms with Crippen LogP contribution >= 0.6 is 0 Å². The van der Waals surface area contributed by atoms with E-state index in [0.717, 1.165) is 18.7 Å². The number of halogens is 1. The minimum absolute atomic E-state index is 0.293. The van der Waals surface area contributed by atoms with Crippen LogP contribution in [0.4, 0.5) is 10.1 Å². The first kappa shape index (κ1) is 13.3. The Morgan fingerprint density at radius 3 is 3.00 bits per heavy atom. The van der Waals surface area contributed by atoms with E-state index < -0.39 is 6.10 Å². The number of anilines is 1. The second kappa shape index (κ2) is 5.67. The van der Waals surface area contributed by atoms with E-state index in [9.17, 15) is 9.50 Å². The van der Waals surface area contributed by atoms with Gasteiger partial charge in [-0.25, -0.2) is 4.39 Å². The van der Waals surface area contributed by atoms with Crippen LogP contribution in [-0.4, -0.2) is 30.9 Å². The number of ether oxygens (including phenoxy) is 1. The number of hydrogen-bond acceptors (Lipinski definition) is 3. The van der Waals surface area contributed by atoms with Crippen molar-refractivity contribution in [3.05, 3.63) is 29.6 Å². The van der Waals surface area contributed by atoms with Crippen molar-refractivity contribution in [3.63, 3.8) is 0 Å². The van der Waals surface area contributed by atoms with E-state index in [1.165, 1.54) is 12.1 Å². The molecule has 2 atom stereocenters. The van der Waals surface area contributed by atoms with E-state index in [1.54, 1.807) is 13.0 Å². The highest BCUT2D eigenvalue weighted by atomic mass is 19.1. The topological polar surface area (TPSA) is 32.7 Å². The fraction of sp³-hybridized carbons (Fsp3) is 0.571. The van der Waals surface area contributed by atoms with Gasteiger partial charge in [0.05, 0.1) is 25.4 Å². The van der Waals surface area contributed by atoms with Crippen LogP contribution in [0.15, 0.2) is 18.2 Å². The van der Waals surface area contributed by atoms with Crippen LogP contribution in [0.2, 0.25) is 0 Å². The van der Waals surface area contributed by atoms with E-state index in [1.807, 2.05) is 0 Å². The van der Waals surface area contributed by atoms with Crippen molar-refractivity contribution in [1.82, 2.24) is 0 Å². The van der Waals surface area contributed by atoms with Crippen molar-refractivity contribution in [1.29, 1.82) is 0 Å². The molecule has 0 aromatic heterocycles. The third-order valence-corrected chi connectivity index (χ3v) is 3.45. The Balaban J connectivity index is 2.36. The summed E-state index contributed by atoms with van der Waals surface area (Å²) in [7, 11) is 0. The first-order chi connectivity index (χ1) is 8.63.